The molecule has 2 aromatic carbocycles. The predicted octanol–water partition coefficient (Wildman–Crippen LogP) is 5.41. The highest BCUT2D eigenvalue weighted by Crippen LogP contribution is 2.29. The van der Waals surface area contributed by atoms with Crippen LogP contribution in [0.3, 0.4) is 0 Å². The Balaban J connectivity index is 1.68. The van der Waals surface area contributed by atoms with Gasteiger partial charge < -0.3 is 9.15 Å². The van der Waals surface area contributed by atoms with Crippen molar-refractivity contribution in [2.45, 2.75) is 43.6 Å². The van der Waals surface area contributed by atoms with E-state index >= 15 is 0 Å². The molecule has 0 fully saturated rings. The molecule has 28 heavy (non-hydrogen) atoms. The Kier molecular flexibility index (Phi) is 5.89. The molecule has 0 aliphatic carbocycles. The van der Waals surface area contributed by atoms with E-state index in [1.807, 2.05) is 55.5 Å². The Morgan fingerprint density at radius 1 is 1.04 bits per heavy atom. The summed E-state index contributed by atoms with van der Waals surface area (Å²) in [6.07, 6.45) is 0. The number of ether oxygens (including phenoxy) is 1. The normalized spacial score (nSPS) is 12.6. The van der Waals surface area contributed by atoms with Gasteiger partial charge in [0, 0.05) is 11.1 Å². The lowest BCUT2D eigenvalue weighted by Crippen LogP contribution is -2.15. The van der Waals surface area contributed by atoms with E-state index in [0.717, 1.165) is 11.3 Å². The number of carbonyl (C=O) groups excluding carboxylic acids is 1. The first-order valence-corrected chi connectivity index (χ1v) is 9.95. The molecule has 1 heterocycles. The maximum atomic E-state index is 12.7. The zero-order chi connectivity index (χ0) is 20.3. The smallest absolute Gasteiger partial charge is 0.277 e. The van der Waals surface area contributed by atoms with E-state index in [4.69, 9.17) is 9.15 Å². The number of benzene rings is 2. The van der Waals surface area contributed by atoms with Crippen molar-refractivity contribution in [2.75, 3.05) is 7.11 Å². The molecule has 0 N–H and O–H groups in total. The zero-order valence-electron chi connectivity index (χ0n) is 16.7. The molecule has 0 aliphatic heterocycles. The third-order valence-electron chi connectivity index (χ3n) is 4.43. The molecule has 1 aromatic heterocycles. The van der Waals surface area contributed by atoms with Crippen LogP contribution in [0.5, 0.6) is 5.75 Å². The van der Waals surface area contributed by atoms with Crippen LogP contribution in [0.15, 0.2) is 58.2 Å². The van der Waals surface area contributed by atoms with Crippen LogP contribution in [0.25, 0.3) is 11.5 Å². The van der Waals surface area contributed by atoms with Crippen LogP contribution in [0.1, 0.15) is 43.6 Å². The van der Waals surface area contributed by atoms with Crippen molar-refractivity contribution >= 4 is 17.5 Å². The van der Waals surface area contributed by atoms with E-state index in [1.54, 1.807) is 7.11 Å². The van der Waals surface area contributed by atoms with Crippen LogP contribution in [0.4, 0.5) is 0 Å². The summed E-state index contributed by atoms with van der Waals surface area (Å²) in [6, 6.07) is 15.2. The molecule has 5 nitrogen and oxygen atoms in total. The molecule has 6 heteroatoms. The van der Waals surface area contributed by atoms with Crippen LogP contribution in [0, 0.1) is 0 Å². The average Bonchev–Trinajstić information content (AvgIpc) is 3.15. The number of hydrogen-bond donors (Lipinski definition) is 0. The number of ketones is 1. The van der Waals surface area contributed by atoms with Crippen LogP contribution in [0.2, 0.25) is 0 Å². The van der Waals surface area contributed by atoms with Crippen molar-refractivity contribution < 1.29 is 13.9 Å². The lowest BCUT2D eigenvalue weighted by Gasteiger charge is -2.19. The Bertz CT molecular complexity index is 941. The van der Waals surface area contributed by atoms with Crippen LogP contribution >= 0.6 is 11.8 Å². The lowest BCUT2D eigenvalue weighted by molar-refractivity contribution is 0.0993. The highest BCUT2D eigenvalue weighted by atomic mass is 32.2. The van der Waals surface area contributed by atoms with Gasteiger partial charge in [-0.05, 0) is 42.2 Å². The number of rotatable bonds is 6. The van der Waals surface area contributed by atoms with Gasteiger partial charge in [-0.15, -0.1) is 10.2 Å². The van der Waals surface area contributed by atoms with Gasteiger partial charge in [-0.1, -0.05) is 56.8 Å². The molecule has 0 spiro atoms. The second kappa shape index (κ2) is 8.19. The Morgan fingerprint density at radius 2 is 1.68 bits per heavy atom. The predicted molar refractivity (Wildman–Crippen MR) is 111 cm³/mol. The first kappa shape index (κ1) is 20.1. The highest BCUT2D eigenvalue weighted by Gasteiger charge is 2.21. The standard InChI is InChI=1S/C22H24N2O3S/c1-14(19(25)15-6-10-17(11-7-15)22(2,3)4)28-21-24-23-20(27-21)16-8-12-18(26-5)13-9-16/h6-14H,1-5H3/t14-/m1/s1. The van der Waals surface area contributed by atoms with Crippen LogP contribution in [-0.2, 0) is 5.41 Å². The van der Waals surface area contributed by atoms with Crippen molar-refractivity contribution in [1.82, 2.24) is 10.2 Å². The van der Waals surface area contributed by atoms with E-state index in [-0.39, 0.29) is 16.4 Å². The second-order valence-electron chi connectivity index (χ2n) is 7.55. The highest BCUT2D eigenvalue weighted by molar-refractivity contribution is 8.00. The van der Waals surface area contributed by atoms with Crippen molar-refractivity contribution in [2.24, 2.45) is 0 Å². The fourth-order valence-electron chi connectivity index (χ4n) is 2.68. The maximum Gasteiger partial charge on any atom is 0.277 e. The monoisotopic (exact) mass is 396 g/mol. The lowest BCUT2D eigenvalue weighted by atomic mass is 9.86. The molecule has 3 aromatic rings. The van der Waals surface area contributed by atoms with Crippen molar-refractivity contribution in [1.29, 1.82) is 0 Å². The Labute approximate surface area is 169 Å². The summed E-state index contributed by atoms with van der Waals surface area (Å²) in [5.74, 6) is 1.21. The summed E-state index contributed by atoms with van der Waals surface area (Å²) >= 11 is 1.26. The number of Topliss-reactive ketones (excluding diaryl/α,β-unsaturated/α-hetero) is 1. The SMILES string of the molecule is COc1ccc(-c2nnc(S[C@H](C)C(=O)c3ccc(C(C)(C)C)cc3)o2)cc1. The summed E-state index contributed by atoms with van der Waals surface area (Å²) in [5.41, 5.74) is 2.74. The molecule has 0 bridgehead atoms. The molecule has 0 aliphatic rings. The molecule has 0 saturated heterocycles. The number of methoxy groups -OCH3 is 1. The van der Waals surface area contributed by atoms with Gasteiger partial charge in [0.25, 0.3) is 5.22 Å². The average molecular weight is 397 g/mol. The van der Waals surface area contributed by atoms with E-state index in [9.17, 15) is 4.79 Å². The van der Waals surface area contributed by atoms with Crippen molar-refractivity contribution in [3.8, 4) is 17.2 Å². The number of nitrogens with zero attached hydrogens (tertiary/aromatic N) is 2. The first-order chi connectivity index (χ1) is 13.3. The topological polar surface area (TPSA) is 65.2 Å². The van der Waals surface area contributed by atoms with E-state index in [1.165, 1.54) is 17.3 Å². The van der Waals surface area contributed by atoms with Gasteiger partial charge >= 0.3 is 0 Å². The van der Waals surface area contributed by atoms with Crippen molar-refractivity contribution in [3.63, 3.8) is 0 Å². The third-order valence-corrected chi connectivity index (χ3v) is 5.36. The fraction of sp³-hybridized carbons (Fsp3) is 0.318. The summed E-state index contributed by atoms with van der Waals surface area (Å²) < 4.78 is 10.9. The Morgan fingerprint density at radius 3 is 2.25 bits per heavy atom. The van der Waals surface area contributed by atoms with Gasteiger partial charge in [0.05, 0.1) is 12.4 Å². The number of hydrogen-bond acceptors (Lipinski definition) is 6. The largest absolute Gasteiger partial charge is 0.497 e. The summed E-state index contributed by atoms with van der Waals surface area (Å²) in [7, 11) is 1.62. The summed E-state index contributed by atoms with van der Waals surface area (Å²) in [4.78, 5) is 12.7. The minimum absolute atomic E-state index is 0.0367. The van der Waals surface area contributed by atoms with Crippen LogP contribution in [-0.4, -0.2) is 28.3 Å². The molecule has 0 amide bonds. The molecule has 1 atom stereocenters. The first-order valence-electron chi connectivity index (χ1n) is 9.07. The van der Waals surface area contributed by atoms with Crippen LogP contribution < -0.4 is 4.74 Å². The molecule has 3 rings (SSSR count). The zero-order valence-corrected chi connectivity index (χ0v) is 17.5. The molecule has 0 saturated carbocycles. The van der Waals surface area contributed by atoms with Gasteiger partial charge in [-0.2, -0.15) is 0 Å². The quantitative estimate of drug-likeness (QED) is 0.410. The van der Waals surface area contributed by atoms with Crippen molar-refractivity contribution in [3.05, 3.63) is 59.7 Å². The van der Waals surface area contributed by atoms with Gasteiger partial charge in [0.1, 0.15) is 5.75 Å². The van der Waals surface area contributed by atoms with E-state index in [0.29, 0.717) is 16.7 Å². The second-order valence-corrected chi connectivity index (χ2v) is 8.85. The number of aromatic nitrogens is 2. The van der Waals surface area contributed by atoms with Gasteiger partial charge in [-0.3, -0.25) is 4.79 Å². The summed E-state index contributed by atoms with van der Waals surface area (Å²) in [5, 5.41) is 8.18. The van der Waals surface area contributed by atoms with Gasteiger partial charge in [0.2, 0.25) is 5.89 Å². The number of thioether (sulfide) groups is 1. The van der Waals surface area contributed by atoms with Gasteiger partial charge in [0.15, 0.2) is 5.78 Å². The summed E-state index contributed by atoms with van der Waals surface area (Å²) in [6.45, 7) is 8.30. The number of carbonyl (C=O) groups is 1. The molecular formula is C22H24N2O3S. The Hall–Kier alpha value is -2.60. The minimum Gasteiger partial charge on any atom is -0.497 e. The fourth-order valence-corrected chi connectivity index (χ4v) is 3.44. The van der Waals surface area contributed by atoms with E-state index < -0.39 is 0 Å². The molecule has 0 unspecified atom stereocenters. The van der Waals surface area contributed by atoms with Gasteiger partial charge in [-0.25, -0.2) is 0 Å². The maximum absolute atomic E-state index is 12.7. The third kappa shape index (κ3) is 4.62. The molecular weight excluding hydrogens is 372 g/mol. The minimum atomic E-state index is -0.329. The molecule has 0 radical (unpaired) electrons. The molecule has 146 valence electrons. The van der Waals surface area contributed by atoms with E-state index in [2.05, 4.69) is 31.0 Å².